The fourth-order valence-corrected chi connectivity index (χ4v) is 3.45. The lowest BCUT2D eigenvalue weighted by atomic mass is 10.1. The molecule has 2 amide bonds. The Morgan fingerprint density at radius 3 is 2.88 bits per heavy atom. The first-order valence-corrected chi connectivity index (χ1v) is 8.66. The summed E-state index contributed by atoms with van der Waals surface area (Å²) < 4.78 is 15.0. The zero-order valence-corrected chi connectivity index (χ0v) is 14.5. The predicted molar refractivity (Wildman–Crippen MR) is 96.1 cm³/mol. The van der Waals surface area contributed by atoms with Crippen molar-refractivity contribution >= 4 is 17.2 Å². The molecule has 0 radical (unpaired) electrons. The molecule has 26 heavy (non-hydrogen) atoms. The van der Waals surface area contributed by atoms with Gasteiger partial charge in [0.05, 0.1) is 0 Å². The smallest absolute Gasteiger partial charge is 0.317 e. The summed E-state index contributed by atoms with van der Waals surface area (Å²) in [5.41, 5.74) is 2.61. The normalized spacial score (nSPS) is 17.0. The molecule has 1 aliphatic rings. The van der Waals surface area contributed by atoms with Crippen LogP contribution >= 0.6 is 0 Å². The largest absolute Gasteiger partial charge is 0.334 e. The molecule has 1 aliphatic heterocycles. The van der Waals surface area contributed by atoms with Gasteiger partial charge in [0.2, 0.25) is 0 Å². The van der Waals surface area contributed by atoms with Gasteiger partial charge in [-0.05, 0) is 36.2 Å². The highest BCUT2D eigenvalue weighted by Crippen LogP contribution is 2.28. The minimum Gasteiger partial charge on any atom is -0.334 e. The van der Waals surface area contributed by atoms with Crippen molar-refractivity contribution in [3.63, 3.8) is 0 Å². The van der Waals surface area contributed by atoms with E-state index in [0.29, 0.717) is 19.6 Å². The van der Waals surface area contributed by atoms with Crippen LogP contribution in [0.3, 0.4) is 0 Å². The van der Waals surface area contributed by atoms with Crippen LogP contribution in [-0.2, 0) is 13.6 Å². The van der Waals surface area contributed by atoms with E-state index in [1.807, 2.05) is 23.7 Å². The van der Waals surface area contributed by atoms with Crippen molar-refractivity contribution in [1.82, 2.24) is 24.8 Å². The van der Waals surface area contributed by atoms with Crippen LogP contribution in [0.25, 0.3) is 11.2 Å². The van der Waals surface area contributed by atoms with E-state index in [4.69, 9.17) is 4.98 Å². The average Bonchev–Trinajstić information content (AvgIpc) is 3.26. The number of fused-ring (bicyclic) bond motifs is 1. The van der Waals surface area contributed by atoms with E-state index in [0.717, 1.165) is 29.0 Å². The SMILES string of the molecule is Cn1c([C@@H]2CCN(C(=O)NCc3ccc(F)cc3)C2)nc2cccnc21. The maximum atomic E-state index is 12.9. The third-order valence-electron chi connectivity index (χ3n) is 4.86. The number of rotatable bonds is 3. The number of nitrogens with zero attached hydrogens (tertiary/aromatic N) is 4. The van der Waals surface area contributed by atoms with Gasteiger partial charge in [-0.2, -0.15) is 0 Å². The van der Waals surface area contributed by atoms with Crippen molar-refractivity contribution < 1.29 is 9.18 Å². The summed E-state index contributed by atoms with van der Waals surface area (Å²) in [6.45, 7) is 1.71. The summed E-state index contributed by atoms with van der Waals surface area (Å²) in [5, 5.41) is 2.90. The number of urea groups is 1. The molecule has 134 valence electrons. The predicted octanol–water partition coefficient (Wildman–Crippen LogP) is 2.81. The third kappa shape index (κ3) is 3.12. The molecule has 0 spiro atoms. The van der Waals surface area contributed by atoms with Gasteiger partial charge in [-0.25, -0.2) is 19.2 Å². The van der Waals surface area contributed by atoms with E-state index >= 15 is 0 Å². The summed E-state index contributed by atoms with van der Waals surface area (Å²) in [6.07, 6.45) is 2.64. The van der Waals surface area contributed by atoms with Gasteiger partial charge in [0.25, 0.3) is 0 Å². The highest BCUT2D eigenvalue weighted by Gasteiger charge is 2.30. The second kappa shape index (κ2) is 6.74. The van der Waals surface area contributed by atoms with Gasteiger partial charge in [0.15, 0.2) is 5.65 Å². The second-order valence-corrected chi connectivity index (χ2v) is 6.59. The van der Waals surface area contributed by atoms with Gasteiger partial charge >= 0.3 is 6.03 Å². The lowest BCUT2D eigenvalue weighted by Gasteiger charge is -2.17. The van der Waals surface area contributed by atoms with E-state index < -0.39 is 0 Å². The summed E-state index contributed by atoms with van der Waals surface area (Å²) in [4.78, 5) is 23.3. The molecule has 6 nitrogen and oxygen atoms in total. The van der Waals surface area contributed by atoms with Gasteiger partial charge < -0.3 is 14.8 Å². The molecule has 3 aromatic rings. The maximum absolute atomic E-state index is 12.9. The first kappa shape index (κ1) is 16.5. The molecular formula is C19H20FN5O. The molecule has 0 unspecified atom stereocenters. The third-order valence-corrected chi connectivity index (χ3v) is 4.86. The first-order valence-electron chi connectivity index (χ1n) is 8.66. The molecule has 0 aliphatic carbocycles. The van der Waals surface area contributed by atoms with Crippen LogP contribution in [0.4, 0.5) is 9.18 Å². The monoisotopic (exact) mass is 353 g/mol. The van der Waals surface area contributed by atoms with Crippen molar-refractivity contribution in [1.29, 1.82) is 0 Å². The van der Waals surface area contributed by atoms with Gasteiger partial charge in [0.1, 0.15) is 17.2 Å². The highest BCUT2D eigenvalue weighted by atomic mass is 19.1. The Labute approximate surface area is 150 Å². The van der Waals surface area contributed by atoms with Crippen LogP contribution in [0.2, 0.25) is 0 Å². The molecule has 3 heterocycles. The van der Waals surface area contributed by atoms with Crippen molar-refractivity contribution in [2.75, 3.05) is 13.1 Å². The number of aryl methyl sites for hydroxylation is 1. The molecule has 4 rings (SSSR count). The Balaban J connectivity index is 1.40. The van der Waals surface area contributed by atoms with E-state index in [9.17, 15) is 9.18 Å². The van der Waals surface area contributed by atoms with Gasteiger partial charge in [-0.15, -0.1) is 0 Å². The zero-order valence-electron chi connectivity index (χ0n) is 14.5. The highest BCUT2D eigenvalue weighted by molar-refractivity contribution is 5.75. The van der Waals surface area contributed by atoms with E-state index in [1.165, 1.54) is 12.1 Å². The van der Waals surface area contributed by atoms with Crippen molar-refractivity contribution in [2.24, 2.45) is 7.05 Å². The molecule has 0 bridgehead atoms. The quantitative estimate of drug-likeness (QED) is 0.788. The summed E-state index contributed by atoms with van der Waals surface area (Å²) in [5.74, 6) is 0.887. The van der Waals surface area contributed by atoms with Crippen molar-refractivity contribution in [2.45, 2.75) is 18.9 Å². The average molecular weight is 353 g/mol. The fourth-order valence-electron chi connectivity index (χ4n) is 3.45. The Kier molecular flexibility index (Phi) is 4.28. The van der Waals surface area contributed by atoms with Gasteiger partial charge in [0, 0.05) is 38.8 Å². The number of nitrogens with one attached hydrogen (secondary N) is 1. The van der Waals surface area contributed by atoms with Crippen molar-refractivity contribution in [3.05, 3.63) is 59.8 Å². The maximum Gasteiger partial charge on any atom is 0.317 e. The van der Waals surface area contributed by atoms with Gasteiger partial charge in [-0.1, -0.05) is 12.1 Å². The number of aromatic nitrogens is 3. The molecule has 1 aromatic carbocycles. The fraction of sp³-hybridized carbons (Fsp3) is 0.316. The first-order chi connectivity index (χ1) is 12.6. The van der Waals surface area contributed by atoms with E-state index in [1.54, 1.807) is 23.2 Å². The molecule has 1 fully saturated rings. The van der Waals surface area contributed by atoms with Crippen LogP contribution in [0.5, 0.6) is 0 Å². The number of hydrogen-bond donors (Lipinski definition) is 1. The summed E-state index contributed by atoms with van der Waals surface area (Å²) in [6, 6.07) is 9.87. The number of carbonyl (C=O) groups is 1. The number of carbonyl (C=O) groups excluding carboxylic acids is 1. The van der Waals surface area contributed by atoms with Crippen LogP contribution in [0.15, 0.2) is 42.6 Å². The molecule has 7 heteroatoms. The molecular weight excluding hydrogens is 333 g/mol. The Morgan fingerprint density at radius 2 is 2.12 bits per heavy atom. The number of benzene rings is 1. The van der Waals surface area contributed by atoms with Crippen LogP contribution < -0.4 is 5.32 Å². The number of amides is 2. The van der Waals surface area contributed by atoms with E-state index in [2.05, 4.69) is 10.3 Å². The molecule has 1 saturated heterocycles. The second-order valence-electron chi connectivity index (χ2n) is 6.59. The van der Waals surface area contributed by atoms with Gasteiger partial charge in [-0.3, -0.25) is 0 Å². The topological polar surface area (TPSA) is 63.1 Å². The lowest BCUT2D eigenvalue weighted by molar-refractivity contribution is 0.207. The Bertz CT molecular complexity index is 937. The number of imidazole rings is 1. The minimum absolute atomic E-state index is 0.103. The van der Waals surface area contributed by atoms with Crippen LogP contribution in [-0.4, -0.2) is 38.6 Å². The molecule has 2 aromatic heterocycles. The molecule has 1 atom stereocenters. The van der Waals surface area contributed by atoms with E-state index in [-0.39, 0.29) is 17.8 Å². The zero-order chi connectivity index (χ0) is 18.1. The lowest BCUT2D eigenvalue weighted by Crippen LogP contribution is -2.38. The van der Waals surface area contributed by atoms with Crippen LogP contribution in [0, 0.1) is 5.82 Å². The number of pyridine rings is 1. The number of likely N-dealkylation sites (tertiary alicyclic amines) is 1. The standard InChI is InChI=1S/C19H20FN5O/c1-24-17(23-16-3-2-9-21-18(16)24)14-8-10-25(12-14)19(26)22-11-13-4-6-15(20)7-5-13/h2-7,9,14H,8,10-12H2,1H3,(H,22,26)/t14-/m1/s1. The summed E-state index contributed by atoms with van der Waals surface area (Å²) in [7, 11) is 1.97. The molecule has 0 saturated carbocycles. The Morgan fingerprint density at radius 1 is 1.31 bits per heavy atom. The van der Waals surface area contributed by atoms with Crippen molar-refractivity contribution in [3.8, 4) is 0 Å². The van der Waals surface area contributed by atoms with Crippen LogP contribution in [0.1, 0.15) is 23.7 Å². The Hall–Kier alpha value is -2.96. The number of halogens is 1. The molecule has 1 N–H and O–H groups in total. The summed E-state index contributed by atoms with van der Waals surface area (Å²) >= 11 is 0. The number of hydrogen-bond acceptors (Lipinski definition) is 3. The minimum atomic E-state index is -0.278.